The van der Waals surface area contributed by atoms with Crippen LogP contribution in [0.25, 0.3) is 0 Å². The van der Waals surface area contributed by atoms with Gasteiger partial charge < -0.3 is 0 Å². The Morgan fingerprint density at radius 3 is 1.23 bits per heavy atom. The first-order valence-corrected chi connectivity index (χ1v) is 18.7. The van der Waals surface area contributed by atoms with E-state index in [-0.39, 0.29) is 19.7 Å². The Balaban J connectivity index is 3.35. The average Bonchev–Trinajstić information content (AvgIpc) is 2.90. The van der Waals surface area contributed by atoms with Crippen LogP contribution in [0.2, 0.25) is 0 Å². The molecule has 0 aromatic carbocycles. The van der Waals surface area contributed by atoms with Crippen molar-refractivity contribution in [2.75, 3.05) is 19.0 Å². The van der Waals surface area contributed by atoms with E-state index >= 15 is 0 Å². The van der Waals surface area contributed by atoms with Crippen LogP contribution < -0.4 is 0 Å². The van der Waals surface area contributed by atoms with E-state index in [4.69, 9.17) is 4.18 Å². The Morgan fingerprint density at radius 1 is 0.513 bits per heavy atom. The Morgan fingerprint density at radius 2 is 0.846 bits per heavy atom. The molecule has 0 saturated carbocycles. The number of rotatable bonds is 33. The zero-order chi connectivity index (χ0) is 28.7. The molecule has 0 radical (unpaired) electrons. The molecule has 3 nitrogen and oxygen atoms in total. The second-order valence-corrected chi connectivity index (χ2v) is 13.5. The lowest BCUT2D eigenvalue weighted by molar-refractivity contribution is 0.284. The first kappa shape index (κ1) is 38.8. The molecule has 0 aromatic rings. The minimum Gasteiger partial charge on any atom is -0.270 e. The minimum absolute atomic E-state index is 0.174. The smallest absolute Gasteiger partial charge is 0.270 e. The number of alkyl halides is 2. The van der Waals surface area contributed by atoms with Crippen LogP contribution >= 0.6 is 0 Å². The molecule has 0 amide bonds. The lowest BCUT2D eigenvalue weighted by Crippen LogP contribution is -2.20. The van der Waals surface area contributed by atoms with E-state index in [1.54, 1.807) is 0 Å². The van der Waals surface area contributed by atoms with E-state index in [1.807, 2.05) is 0 Å². The molecule has 0 aromatic heterocycles. The van der Waals surface area contributed by atoms with Gasteiger partial charge in [0.1, 0.15) is 11.9 Å². The van der Waals surface area contributed by atoms with Crippen molar-refractivity contribution in [2.24, 2.45) is 0 Å². The van der Waals surface area contributed by atoms with E-state index in [1.165, 1.54) is 109 Å². The zero-order valence-electron chi connectivity index (χ0n) is 25.9. The number of hydrogen-bond donors (Lipinski definition) is 0. The molecule has 0 heterocycles. The molecular weight excluding hydrogens is 514 g/mol. The molecule has 0 aliphatic carbocycles. The van der Waals surface area contributed by atoms with E-state index in [2.05, 4.69) is 6.92 Å². The monoisotopic (exact) mass is 580 g/mol. The topological polar surface area (TPSA) is 43.4 Å². The summed E-state index contributed by atoms with van der Waals surface area (Å²) in [5.41, 5.74) is 0. The van der Waals surface area contributed by atoms with Crippen molar-refractivity contribution in [2.45, 2.75) is 193 Å². The molecule has 236 valence electrons. The Bertz CT molecular complexity index is 571. The Kier molecular flexibility index (Phi) is 30.5. The predicted molar refractivity (Wildman–Crippen MR) is 166 cm³/mol. The van der Waals surface area contributed by atoms with Crippen LogP contribution in [0.15, 0.2) is 0 Å². The highest BCUT2D eigenvalue weighted by Crippen LogP contribution is 2.16. The lowest BCUT2D eigenvalue weighted by Gasteiger charge is -2.10. The summed E-state index contributed by atoms with van der Waals surface area (Å²) in [6.07, 6.45) is 31.3. The summed E-state index contributed by atoms with van der Waals surface area (Å²) in [7, 11) is -3.77. The minimum atomic E-state index is -3.77. The van der Waals surface area contributed by atoms with Crippen molar-refractivity contribution in [3.63, 3.8) is 0 Å². The SMILES string of the molecule is CCCCCCCCCCCCCCCCCCCCCCOS(=O)(=O)CC(F)CCCCCCCCCF. The van der Waals surface area contributed by atoms with Gasteiger partial charge >= 0.3 is 0 Å². The third-order valence-electron chi connectivity index (χ3n) is 7.80. The molecular formula is C33H66F2O3S. The van der Waals surface area contributed by atoms with Crippen molar-refractivity contribution in [3.8, 4) is 0 Å². The van der Waals surface area contributed by atoms with E-state index in [9.17, 15) is 17.2 Å². The van der Waals surface area contributed by atoms with Gasteiger partial charge in [0.25, 0.3) is 10.1 Å². The summed E-state index contributed by atoms with van der Waals surface area (Å²) < 4.78 is 55.0. The summed E-state index contributed by atoms with van der Waals surface area (Å²) in [5.74, 6) is -0.525. The maximum absolute atomic E-state index is 14.0. The van der Waals surface area contributed by atoms with Crippen LogP contribution in [0.1, 0.15) is 187 Å². The normalized spacial score (nSPS) is 12.8. The fourth-order valence-electron chi connectivity index (χ4n) is 5.24. The molecule has 39 heavy (non-hydrogen) atoms. The van der Waals surface area contributed by atoms with Gasteiger partial charge in [-0.25, -0.2) is 4.39 Å². The third kappa shape index (κ3) is 32.2. The van der Waals surface area contributed by atoms with Crippen molar-refractivity contribution >= 4 is 10.1 Å². The first-order chi connectivity index (χ1) is 19.0. The van der Waals surface area contributed by atoms with Crippen LogP contribution in [-0.4, -0.2) is 33.6 Å². The predicted octanol–water partition coefficient (Wildman–Crippen LogP) is 11.6. The van der Waals surface area contributed by atoms with Gasteiger partial charge in [0.05, 0.1) is 13.3 Å². The molecule has 0 fully saturated rings. The first-order valence-electron chi connectivity index (χ1n) is 17.1. The van der Waals surface area contributed by atoms with Gasteiger partial charge in [-0.15, -0.1) is 0 Å². The Labute approximate surface area is 243 Å². The summed E-state index contributed by atoms with van der Waals surface area (Å²) in [4.78, 5) is 0. The van der Waals surface area contributed by atoms with Crippen molar-refractivity contribution in [1.82, 2.24) is 0 Å². The van der Waals surface area contributed by atoms with Crippen molar-refractivity contribution in [1.29, 1.82) is 0 Å². The second kappa shape index (κ2) is 30.7. The van der Waals surface area contributed by atoms with Crippen molar-refractivity contribution < 1.29 is 21.4 Å². The maximum Gasteiger partial charge on any atom is 0.270 e. The van der Waals surface area contributed by atoms with Gasteiger partial charge in [-0.3, -0.25) is 8.57 Å². The molecule has 0 spiro atoms. The fraction of sp³-hybridized carbons (Fsp3) is 1.00. The summed E-state index contributed by atoms with van der Waals surface area (Å²) >= 11 is 0. The summed E-state index contributed by atoms with van der Waals surface area (Å²) in [6, 6.07) is 0. The largest absolute Gasteiger partial charge is 0.270 e. The highest BCUT2D eigenvalue weighted by molar-refractivity contribution is 7.86. The average molecular weight is 581 g/mol. The standard InChI is InChI=1S/C33H66F2O3S/c1-2-3-4-5-6-7-8-9-10-11-12-13-14-15-16-17-18-22-25-28-31-38-39(36,37)32-33(35)29-26-23-20-19-21-24-27-30-34/h33H,2-32H2,1H3. The molecule has 0 saturated heterocycles. The van der Waals surface area contributed by atoms with Gasteiger partial charge in [0.15, 0.2) is 0 Å². The van der Waals surface area contributed by atoms with Gasteiger partial charge in [-0.2, -0.15) is 8.42 Å². The summed E-state index contributed by atoms with van der Waals surface area (Å²) in [6.45, 7) is 2.20. The van der Waals surface area contributed by atoms with Gasteiger partial charge in [-0.05, 0) is 19.3 Å². The third-order valence-corrected chi connectivity index (χ3v) is 9.09. The number of halogens is 2. The van der Waals surface area contributed by atoms with Gasteiger partial charge in [-0.1, -0.05) is 167 Å². The highest BCUT2D eigenvalue weighted by Gasteiger charge is 2.19. The molecule has 0 rings (SSSR count). The molecule has 6 heteroatoms. The van der Waals surface area contributed by atoms with Crippen molar-refractivity contribution in [3.05, 3.63) is 0 Å². The number of unbranched alkanes of at least 4 members (excludes halogenated alkanes) is 25. The number of hydrogen-bond acceptors (Lipinski definition) is 3. The molecule has 0 N–H and O–H groups in total. The highest BCUT2D eigenvalue weighted by atomic mass is 32.2. The van der Waals surface area contributed by atoms with E-state index in [0.717, 1.165) is 51.4 Å². The van der Waals surface area contributed by atoms with E-state index < -0.39 is 22.0 Å². The molecule has 1 atom stereocenters. The van der Waals surface area contributed by atoms with Crippen LogP contribution in [0.3, 0.4) is 0 Å². The van der Waals surface area contributed by atoms with Gasteiger partial charge in [0.2, 0.25) is 0 Å². The van der Waals surface area contributed by atoms with Crippen LogP contribution in [0.4, 0.5) is 8.78 Å². The van der Waals surface area contributed by atoms with Crippen LogP contribution in [0, 0.1) is 0 Å². The van der Waals surface area contributed by atoms with E-state index in [0.29, 0.717) is 12.8 Å². The van der Waals surface area contributed by atoms with Gasteiger partial charge in [0, 0.05) is 0 Å². The zero-order valence-corrected chi connectivity index (χ0v) is 26.7. The van der Waals surface area contributed by atoms with Crippen LogP contribution in [-0.2, 0) is 14.3 Å². The lowest BCUT2D eigenvalue weighted by atomic mass is 10.0. The Hall–Kier alpha value is -0.230. The molecule has 0 bridgehead atoms. The summed E-state index contributed by atoms with van der Waals surface area (Å²) in [5, 5.41) is 0. The fourth-order valence-corrected chi connectivity index (χ4v) is 6.32. The molecule has 0 aliphatic heterocycles. The molecule has 1 unspecified atom stereocenters. The quantitative estimate of drug-likeness (QED) is 0.0573. The molecule has 0 aliphatic rings. The second-order valence-electron chi connectivity index (χ2n) is 11.8. The van der Waals surface area contributed by atoms with Crippen LogP contribution in [0.5, 0.6) is 0 Å². The maximum atomic E-state index is 14.0.